The lowest BCUT2D eigenvalue weighted by atomic mass is 9.89. The summed E-state index contributed by atoms with van der Waals surface area (Å²) in [5.74, 6) is 0.971. The van der Waals surface area contributed by atoms with Gasteiger partial charge in [-0.05, 0) is 50.9 Å². The zero-order chi connectivity index (χ0) is 16.1. The summed E-state index contributed by atoms with van der Waals surface area (Å²) in [6.07, 6.45) is 9.00. The number of fused-ring (bicyclic) bond motifs is 2. The molecule has 2 bridgehead atoms. The summed E-state index contributed by atoms with van der Waals surface area (Å²) in [7, 11) is 1.72. The summed E-state index contributed by atoms with van der Waals surface area (Å²) in [5, 5.41) is 3.66. The molecule has 3 aliphatic heterocycles. The van der Waals surface area contributed by atoms with Crippen LogP contribution in [-0.2, 0) is 14.3 Å². The van der Waals surface area contributed by atoms with Crippen molar-refractivity contribution in [2.45, 2.75) is 69.6 Å². The van der Waals surface area contributed by atoms with Gasteiger partial charge in [0.15, 0.2) is 0 Å². The van der Waals surface area contributed by atoms with Crippen LogP contribution in [0.3, 0.4) is 0 Å². The van der Waals surface area contributed by atoms with Crippen molar-refractivity contribution in [1.29, 1.82) is 0 Å². The third-order valence-electron chi connectivity index (χ3n) is 5.68. The van der Waals surface area contributed by atoms with Crippen molar-refractivity contribution in [1.82, 2.24) is 10.2 Å². The highest BCUT2D eigenvalue weighted by molar-refractivity contribution is 5.85. The Bertz CT molecular complexity index is 376. The smallest absolute Gasteiger partial charge is 0.222 e. The first-order valence-corrected chi connectivity index (χ1v) is 9.39. The second kappa shape index (κ2) is 9.95. The maximum absolute atomic E-state index is 12.6. The molecular formula is C18H33ClN2O3. The molecule has 0 radical (unpaired) electrons. The van der Waals surface area contributed by atoms with E-state index in [-0.39, 0.29) is 12.4 Å². The Labute approximate surface area is 152 Å². The molecule has 0 aromatic carbocycles. The Morgan fingerprint density at radius 1 is 1.08 bits per heavy atom. The van der Waals surface area contributed by atoms with E-state index in [0.29, 0.717) is 30.0 Å². The third-order valence-corrected chi connectivity index (χ3v) is 5.68. The van der Waals surface area contributed by atoms with Gasteiger partial charge >= 0.3 is 0 Å². The molecule has 3 heterocycles. The Morgan fingerprint density at radius 2 is 1.75 bits per heavy atom. The number of carbonyl (C=O) groups excluding carboxylic acids is 1. The Balaban J connectivity index is 0.00000208. The van der Waals surface area contributed by atoms with Gasteiger partial charge in [-0.25, -0.2) is 0 Å². The molecule has 0 aromatic rings. The van der Waals surface area contributed by atoms with E-state index in [1.807, 2.05) is 0 Å². The summed E-state index contributed by atoms with van der Waals surface area (Å²) in [6, 6.07) is 1.36. The van der Waals surface area contributed by atoms with E-state index in [9.17, 15) is 4.79 Å². The van der Waals surface area contributed by atoms with E-state index in [0.717, 1.165) is 52.0 Å². The van der Waals surface area contributed by atoms with Gasteiger partial charge in [0.05, 0.1) is 6.10 Å². The van der Waals surface area contributed by atoms with Gasteiger partial charge in [-0.3, -0.25) is 4.79 Å². The topological polar surface area (TPSA) is 50.8 Å². The fraction of sp³-hybridized carbons (Fsp3) is 0.944. The van der Waals surface area contributed by atoms with E-state index < -0.39 is 0 Å². The molecule has 5 nitrogen and oxygen atoms in total. The van der Waals surface area contributed by atoms with Crippen molar-refractivity contribution in [3.05, 3.63) is 0 Å². The molecule has 0 aromatic heterocycles. The molecule has 0 spiro atoms. The van der Waals surface area contributed by atoms with Crippen LogP contribution >= 0.6 is 12.4 Å². The van der Waals surface area contributed by atoms with Gasteiger partial charge in [-0.1, -0.05) is 0 Å². The van der Waals surface area contributed by atoms with Crippen molar-refractivity contribution >= 4 is 18.3 Å². The largest absolute Gasteiger partial charge is 0.385 e. The van der Waals surface area contributed by atoms with E-state index in [1.165, 1.54) is 25.7 Å². The molecule has 2 unspecified atom stereocenters. The number of carbonyl (C=O) groups is 1. The van der Waals surface area contributed by atoms with Crippen LogP contribution in [0.4, 0.5) is 0 Å². The van der Waals surface area contributed by atoms with E-state index in [2.05, 4.69) is 10.2 Å². The second-order valence-corrected chi connectivity index (χ2v) is 7.48. The van der Waals surface area contributed by atoms with Crippen molar-refractivity contribution < 1.29 is 14.3 Å². The zero-order valence-corrected chi connectivity index (χ0v) is 15.7. The summed E-state index contributed by atoms with van der Waals surface area (Å²) >= 11 is 0. The second-order valence-electron chi connectivity index (χ2n) is 7.48. The minimum Gasteiger partial charge on any atom is -0.385 e. The zero-order valence-electron chi connectivity index (χ0n) is 14.9. The number of amides is 1. The van der Waals surface area contributed by atoms with Crippen LogP contribution in [-0.4, -0.2) is 62.4 Å². The first-order valence-electron chi connectivity index (χ1n) is 9.39. The SMILES string of the molecule is COCCCOC1CCN(C(=O)CC2CC3CCC(C2)N3)CC1.Cl. The number of nitrogens with one attached hydrogen (secondary N) is 1. The fourth-order valence-electron chi connectivity index (χ4n) is 4.44. The molecule has 3 fully saturated rings. The highest BCUT2D eigenvalue weighted by Gasteiger charge is 2.35. The monoisotopic (exact) mass is 360 g/mol. The maximum Gasteiger partial charge on any atom is 0.222 e. The van der Waals surface area contributed by atoms with Crippen molar-refractivity contribution in [3.63, 3.8) is 0 Å². The average Bonchev–Trinajstić information content (AvgIpc) is 2.91. The van der Waals surface area contributed by atoms with Gasteiger partial charge in [0.2, 0.25) is 5.91 Å². The summed E-state index contributed by atoms with van der Waals surface area (Å²) in [6.45, 7) is 3.26. The molecule has 2 atom stereocenters. The van der Waals surface area contributed by atoms with Gasteiger partial charge in [0.25, 0.3) is 0 Å². The normalized spacial score (nSPS) is 30.2. The van der Waals surface area contributed by atoms with Crippen LogP contribution in [0.15, 0.2) is 0 Å². The predicted molar refractivity (Wildman–Crippen MR) is 96.6 cm³/mol. The maximum atomic E-state index is 12.6. The lowest BCUT2D eigenvalue weighted by Crippen LogP contribution is -2.43. The minimum atomic E-state index is 0. The minimum absolute atomic E-state index is 0. The van der Waals surface area contributed by atoms with E-state index in [1.54, 1.807) is 7.11 Å². The molecule has 24 heavy (non-hydrogen) atoms. The van der Waals surface area contributed by atoms with Crippen molar-refractivity contribution in [2.24, 2.45) is 5.92 Å². The standard InChI is InChI=1S/C18H32N2O3.ClH/c1-22-9-2-10-23-17-5-7-20(8-6-17)18(21)13-14-11-15-3-4-16(12-14)19-15;/h14-17,19H,2-13H2,1H3;1H. The number of hydrogen-bond acceptors (Lipinski definition) is 4. The molecule has 140 valence electrons. The molecule has 3 aliphatic rings. The number of nitrogens with zero attached hydrogens (tertiary/aromatic N) is 1. The van der Waals surface area contributed by atoms with Crippen LogP contribution in [0, 0.1) is 5.92 Å². The molecule has 0 saturated carbocycles. The Hall–Kier alpha value is -0.360. The highest BCUT2D eigenvalue weighted by Crippen LogP contribution is 2.33. The highest BCUT2D eigenvalue weighted by atomic mass is 35.5. The quantitative estimate of drug-likeness (QED) is 0.708. The summed E-state index contributed by atoms with van der Waals surface area (Å²) < 4.78 is 10.9. The number of likely N-dealkylation sites (tertiary alicyclic amines) is 1. The van der Waals surface area contributed by atoms with Crippen LogP contribution in [0.1, 0.15) is 51.4 Å². The van der Waals surface area contributed by atoms with Crippen LogP contribution in [0.5, 0.6) is 0 Å². The molecule has 1 amide bonds. The van der Waals surface area contributed by atoms with E-state index >= 15 is 0 Å². The predicted octanol–water partition coefficient (Wildman–Crippen LogP) is 2.37. The van der Waals surface area contributed by atoms with Crippen LogP contribution < -0.4 is 5.32 Å². The van der Waals surface area contributed by atoms with Crippen molar-refractivity contribution in [3.8, 4) is 0 Å². The molecule has 3 saturated heterocycles. The van der Waals surface area contributed by atoms with Gasteiger partial charge in [-0.2, -0.15) is 0 Å². The summed E-state index contributed by atoms with van der Waals surface area (Å²) in [4.78, 5) is 14.6. The number of halogens is 1. The fourth-order valence-corrected chi connectivity index (χ4v) is 4.44. The molecule has 3 rings (SSSR count). The van der Waals surface area contributed by atoms with Crippen LogP contribution in [0.2, 0.25) is 0 Å². The molecule has 6 heteroatoms. The van der Waals surface area contributed by atoms with E-state index in [4.69, 9.17) is 9.47 Å². The number of hydrogen-bond donors (Lipinski definition) is 1. The molecule has 1 N–H and O–H groups in total. The van der Waals surface area contributed by atoms with Gasteiger partial charge in [0, 0.05) is 51.9 Å². The third kappa shape index (κ3) is 5.58. The lowest BCUT2D eigenvalue weighted by molar-refractivity contribution is -0.135. The van der Waals surface area contributed by atoms with Crippen LogP contribution in [0.25, 0.3) is 0 Å². The van der Waals surface area contributed by atoms with Crippen molar-refractivity contribution in [2.75, 3.05) is 33.4 Å². The van der Waals surface area contributed by atoms with Gasteiger partial charge < -0.3 is 19.7 Å². The first kappa shape index (κ1) is 20.0. The van der Waals surface area contributed by atoms with Gasteiger partial charge in [0.1, 0.15) is 0 Å². The Kier molecular flexibility index (Phi) is 8.28. The lowest BCUT2D eigenvalue weighted by Gasteiger charge is -2.34. The average molecular weight is 361 g/mol. The number of rotatable bonds is 7. The molecule has 0 aliphatic carbocycles. The first-order chi connectivity index (χ1) is 11.2. The number of methoxy groups -OCH3 is 1. The van der Waals surface area contributed by atoms with Gasteiger partial charge in [-0.15, -0.1) is 12.4 Å². The number of piperidine rings is 2. The number of ether oxygens (including phenoxy) is 2. The molecular weight excluding hydrogens is 328 g/mol. The summed E-state index contributed by atoms with van der Waals surface area (Å²) in [5.41, 5.74) is 0. The Morgan fingerprint density at radius 3 is 2.38 bits per heavy atom.